The second-order valence-corrected chi connectivity index (χ2v) is 8.05. The van der Waals surface area contributed by atoms with E-state index < -0.39 is 0 Å². The van der Waals surface area contributed by atoms with Crippen LogP contribution in [-0.4, -0.2) is 67.0 Å². The van der Waals surface area contributed by atoms with Gasteiger partial charge in [0.2, 0.25) is 0 Å². The van der Waals surface area contributed by atoms with Gasteiger partial charge in [-0.3, -0.25) is 9.69 Å². The summed E-state index contributed by atoms with van der Waals surface area (Å²) in [6.45, 7) is 10.8. The average molecular weight is 527 g/mol. The van der Waals surface area contributed by atoms with Crippen molar-refractivity contribution in [3.63, 3.8) is 0 Å². The summed E-state index contributed by atoms with van der Waals surface area (Å²) in [6.07, 6.45) is 6.02. The Bertz CT molecular complexity index is 673. The van der Waals surface area contributed by atoms with Gasteiger partial charge in [0.15, 0.2) is 5.96 Å². The molecule has 6 nitrogen and oxygen atoms in total. The Kier molecular flexibility index (Phi) is 10.9. The molecule has 30 heavy (non-hydrogen) atoms. The van der Waals surface area contributed by atoms with Crippen molar-refractivity contribution in [2.45, 2.75) is 58.5 Å². The average Bonchev–Trinajstić information content (AvgIpc) is 3.24. The van der Waals surface area contributed by atoms with Gasteiger partial charge in [-0.2, -0.15) is 0 Å². The van der Waals surface area contributed by atoms with Crippen LogP contribution in [0.15, 0.2) is 29.3 Å². The van der Waals surface area contributed by atoms with Crippen molar-refractivity contribution < 1.29 is 4.79 Å². The molecular formula is C23H38IN5O. The summed E-state index contributed by atoms with van der Waals surface area (Å²) in [5.41, 5.74) is 1.90. The first kappa shape index (κ1) is 24.9. The number of piperidine rings is 1. The Morgan fingerprint density at radius 1 is 1.03 bits per heavy atom. The molecule has 2 aliphatic heterocycles. The van der Waals surface area contributed by atoms with Crippen LogP contribution in [0.25, 0.3) is 0 Å². The van der Waals surface area contributed by atoms with Crippen LogP contribution in [0.5, 0.6) is 0 Å². The maximum Gasteiger partial charge on any atom is 0.253 e. The molecule has 0 saturated carbocycles. The van der Waals surface area contributed by atoms with Crippen LogP contribution < -0.4 is 10.6 Å². The number of likely N-dealkylation sites (N-methyl/N-ethyl adjacent to an activating group) is 1. The summed E-state index contributed by atoms with van der Waals surface area (Å²) in [4.78, 5) is 21.9. The van der Waals surface area contributed by atoms with E-state index in [4.69, 9.17) is 4.99 Å². The minimum atomic E-state index is 0. The van der Waals surface area contributed by atoms with E-state index in [0.29, 0.717) is 12.6 Å². The lowest BCUT2D eigenvalue weighted by molar-refractivity contribution is 0.0724. The number of halogens is 1. The van der Waals surface area contributed by atoms with Crippen molar-refractivity contribution >= 4 is 35.8 Å². The fourth-order valence-electron chi connectivity index (χ4n) is 4.30. The number of nitrogens with zero attached hydrogens (tertiary/aromatic N) is 3. The number of rotatable bonds is 7. The molecule has 2 heterocycles. The Morgan fingerprint density at radius 3 is 2.43 bits per heavy atom. The lowest BCUT2D eigenvalue weighted by atomic mass is 10.1. The van der Waals surface area contributed by atoms with Crippen LogP contribution in [-0.2, 0) is 6.54 Å². The molecule has 2 fully saturated rings. The van der Waals surface area contributed by atoms with Gasteiger partial charge in [-0.25, -0.2) is 4.99 Å². The van der Waals surface area contributed by atoms with Crippen LogP contribution >= 0.6 is 24.0 Å². The van der Waals surface area contributed by atoms with Crippen LogP contribution in [0, 0.1) is 0 Å². The Labute approximate surface area is 198 Å². The number of carbonyl (C=O) groups is 1. The normalized spacial score (nSPS) is 20.0. The number of benzene rings is 1. The lowest BCUT2D eigenvalue weighted by Crippen LogP contribution is -2.44. The summed E-state index contributed by atoms with van der Waals surface area (Å²) in [6, 6.07) is 8.54. The smallest absolute Gasteiger partial charge is 0.253 e. The molecular weight excluding hydrogens is 489 g/mol. The number of carbonyl (C=O) groups excluding carboxylic acids is 1. The van der Waals surface area contributed by atoms with Crippen molar-refractivity contribution in [3.05, 3.63) is 35.4 Å². The molecule has 2 aliphatic rings. The Morgan fingerprint density at radius 2 is 1.77 bits per heavy atom. The molecule has 1 unspecified atom stereocenters. The lowest BCUT2D eigenvalue weighted by Gasteiger charge is -2.26. The minimum Gasteiger partial charge on any atom is -0.357 e. The first-order valence-electron chi connectivity index (χ1n) is 11.4. The number of hydrogen-bond donors (Lipinski definition) is 2. The molecule has 0 aromatic heterocycles. The number of likely N-dealkylation sites (tertiary alicyclic amines) is 2. The molecule has 2 saturated heterocycles. The standard InChI is InChI=1S/C23H37N5O.HI/c1-3-24-23(26-18-21-9-8-16-27(21)4-2)25-17-19-10-12-20(13-11-19)22(29)28-14-6-5-7-15-28;/h10-13,21H,3-9,14-18H2,1-2H3,(H2,24,25,26);1H. The number of hydrogen-bond acceptors (Lipinski definition) is 3. The van der Waals surface area contributed by atoms with E-state index >= 15 is 0 Å². The maximum absolute atomic E-state index is 12.6. The highest BCUT2D eigenvalue weighted by Gasteiger charge is 2.22. The van der Waals surface area contributed by atoms with Crippen molar-refractivity contribution in [1.82, 2.24) is 20.4 Å². The van der Waals surface area contributed by atoms with Gasteiger partial charge in [0.1, 0.15) is 0 Å². The third kappa shape index (κ3) is 7.11. The van der Waals surface area contributed by atoms with Crippen molar-refractivity contribution in [2.24, 2.45) is 4.99 Å². The van der Waals surface area contributed by atoms with Gasteiger partial charge in [0.05, 0.1) is 6.54 Å². The summed E-state index contributed by atoms with van der Waals surface area (Å²) in [5.74, 6) is 1.02. The van der Waals surface area contributed by atoms with E-state index in [1.165, 1.54) is 25.8 Å². The zero-order valence-corrected chi connectivity index (χ0v) is 20.9. The molecule has 3 rings (SSSR count). The van der Waals surface area contributed by atoms with Crippen LogP contribution in [0.4, 0.5) is 0 Å². The maximum atomic E-state index is 12.6. The quantitative estimate of drug-likeness (QED) is 0.324. The highest BCUT2D eigenvalue weighted by atomic mass is 127. The third-order valence-corrected chi connectivity index (χ3v) is 6.02. The third-order valence-electron chi connectivity index (χ3n) is 6.02. The van der Waals surface area contributed by atoms with E-state index in [9.17, 15) is 4.79 Å². The van der Waals surface area contributed by atoms with Gasteiger partial charge >= 0.3 is 0 Å². The largest absolute Gasteiger partial charge is 0.357 e. The molecule has 1 aromatic carbocycles. The van der Waals surface area contributed by atoms with E-state index in [2.05, 4.69) is 29.4 Å². The predicted octanol–water partition coefficient (Wildman–Crippen LogP) is 3.47. The molecule has 1 amide bonds. The van der Waals surface area contributed by atoms with Crippen LogP contribution in [0.2, 0.25) is 0 Å². The van der Waals surface area contributed by atoms with Gasteiger partial charge < -0.3 is 15.5 Å². The first-order chi connectivity index (χ1) is 14.2. The topological polar surface area (TPSA) is 60.0 Å². The SMILES string of the molecule is CCNC(=NCc1ccc(C(=O)N2CCCCC2)cc1)NCC1CCCN1CC.I. The molecule has 0 aliphatic carbocycles. The van der Waals surface area contributed by atoms with Crippen molar-refractivity contribution in [1.29, 1.82) is 0 Å². The van der Waals surface area contributed by atoms with E-state index in [-0.39, 0.29) is 29.9 Å². The second-order valence-electron chi connectivity index (χ2n) is 8.05. The zero-order chi connectivity index (χ0) is 20.5. The minimum absolute atomic E-state index is 0. The molecule has 0 radical (unpaired) electrons. The number of amides is 1. The van der Waals surface area contributed by atoms with E-state index in [0.717, 1.165) is 62.7 Å². The van der Waals surface area contributed by atoms with Gasteiger partial charge in [-0.05, 0) is 69.8 Å². The molecule has 2 N–H and O–H groups in total. The number of aliphatic imine (C=N–C) groups is 1. The van der Waals surface area contributed by atoms with Gasteiger partial charge in [-0.1, -0.05) is 19.1 Å². The van der Waals surface area contributed by atoms with Gasteiger partial charge in [0.25, 0.3) is 5.91 Å². The summed E-state index contributed by atoms with van der Waals surface area (Å²) in [5, 5.41) is 6.85. The second kappa shape index (κ2) is 13.1. The van der Waals surface area contributed by atoms with Crippen molar-refractivity contribution in [3.8, 4) is 0 Å². The Balaban J connectivity index is 0.00000320. The molecule has 0 spiro atoms. The molecule has 1 atom stereocenters. The molecule has 1 aromatic rings. The molecule has 168 valence electrons. The highest BCUT2D eigenvalue weighted by molar-refractivity contribution is 14.0. The molecule has 0 bridgehead atoms. The molecule has 7 heteroatoms. The van der Waals surface area contributed by atoms with Crippen molar-refractivity contribution in [2.75, 3.05) is 39.3 Å². The van der Waals surface area contributed by atoms with Crippen LogP contribution in [0.1, 0.15) is 61.9 Å². The Hall–Kier alpha value is -1.35. The first-order valence-corrected chi connectivity index (χ1v) is 11.4. The predicted molar refractivity (Wildman–Crippen MR) is 135 cm³/mol. The summed E-state index contributed by atoms with van der Waals surface area (Å²) in [7, 11) is 0. The number of guanidine groups is 1. The summed E-state index contributed by atoms with van der Waals surface area (Å²) < 4.78 is 0. The summed E-state index contributed by atoms with van der Waals surface area (Å²) >= 11 is 0. The van der Waals surface area contributed by atoms with Gasteiger partial charge in [0, 0.05) is 37.8 Å². The monoisotopic (exact) mass is 527 g/mol. The highest BCUT2D eigenvalue weighted by Crippen LogP contribution is 2.16. The fourth-order valence-corrected chi connectivity index (χ4v) is 4.30. The fraction of sp³-hybridized carbons (Fsp3) is 0.652. The van der Waals surface area contributed by atoms with Gasteiger partial charge in [-0.15, -0.1) is 24.0 Å². The zero-order valence-electron chi connectivity index (χ0n) is 18.5. The van der Waals surface area contributed by atoms with E-state index in [1.54, 1.807) is 0 Å². The van der Waals surface area contributed by atoms with E-state index in [1.807, 2.05) is 29.2 Å². The number of nitrogens with one attached hydrogen (secondary N) is 2. The van der Waals surface area contributed by atoms with Crippen LogP contribution in [0.3, 0.4) is 0 Å².